The van der Waals surface area contributed by atoms with E-state index in [1.165, 1.54) is 0 Å². The zero-order chi connectivity index (χ0) is 26.3. The van der Waals surface area contributed by atoms with Gasteiger partial charge in [0.25, 0.3) is 0 Å². The molecule has 1 aliphatic heterocycles. The molecule has 0 bridgehead atoms. The molecule has 9 heteroatoms. The average Bonchev–Trinajstić information content (AvgIpc) is 3.66. The van der Waals surface area contributed by atoms with Gasteiger partial charge in [-0.2, -0.15) is 0 Å². The van der Waals surface area contributed by atoms with Crippen LogP contribution in [0.5, 0.6) is 17.4 Å². The molecule has 0 saturated carbocycles. The summed E-state index contributed by atoms with van der Waals surface area (Å²) in [6, 6.07) is 24.5. The molecule has 0 aliphatic carbocycles. The van der Waals surface area contributed by atoms with Gasteiger partial charge in [0.05, 0.1) is 23.3 Å². The summed E-state index contributed by atoms with van der Waals surface area (Å²) in [7, 11) is 1.67. The maximum atomic E-state index is 6.38. The minimum atomic E-state index is -0.186. The van der Waals surface area contributed by atoms with Crippen LogP contribution in [0.1, 0.15) is 40.2 Å². The van der Waals surface area contributed by atoms with Crippen molar-refractivity contribution in [1.82, 2.24) is 19.6 Å². The zero-order valence-corrected chi connectivity index (χ0v) is 22.1. The highest BCUT2D eigenvalue weighted by molar-refractivity contribution is 7.12. The number of ether oxygens (including phenoxy) is 2. The number of hydrogen-bond donors (Lipinski definition) is 0. The number of aromatic nitrogens is 4. The van der Waals surface area contributed by atoms with Crippen molar-refractivity contribution in [2.75, 3.05) is 7.11 Å². The van der Waals surface area contributed by atoms with E-state index in [-0.39, 0.29) is 12.5 Å². The molecule has 1 atom stereocenters. The lowest BCUT2D eigenvalue weighted by molar-refractivity contribution is 0.125. The monoisotopic (exact) mass is 533 g/mol. The second-order valence-corrected chi connectivity index (χ2v) is 10.1. The van der Waals surface area contributed by atoms with E-state index in [1.807, 2.05) is 54.8 Å². The Morgan fingerprint density at radius 3 is 2.72 bits per heavy atom. The largest absolute Gasteiger partial charge is 0.497 e. The standard InChI is InChI=1S/C30H23N5O3S/c1-18(24-8-5-15-39-24)34-37-16-25-32-29-28-26(20-9-12-21(36-2)13-10-20)27-22-7-4-3-6-19(22)11-14-23(27)38-30(28)31-17-35(29)33-25/h3-15,17,26H,16H2,1-2H3/b34-18-/t26-/m1/s1. The van der Waals surface area contributed by atoms with Gasteiger partial charge >= 0.3 is 0 Å². The van der Waals surface area contributed by atoms with E-state index < -0.39 is 0 Å². The van der Waals surface area contributed by atoms with Crippen molar-refractivity contribution < 1.29 is 14.3 Å². The summed E-state index contributed by atoms with van der Waals surface area (Å²) in [5, 5.41) is 13.1. The third kappa shape index (κ3) is 4.07. The van der Waals surface area contributed by atoms with Crippen molar-refractivity contribution in [1.29, 1.82) is 0 Å². The number of oxime groups is 1. The van der Waals surface area contributed by atoms with E-state index in [0.717, 1.165) is 49.6 Å². The van der Waals surface area contributed by atoms with Crippen LogP contribution in [0.25, 0.3) is 16.4 Å². The molecule has 1 aliphatic rings. The van der Waals surface area contributed by atoms with Gasteiger partial charge < -0.3 is 14.3 Å². The molecule has 3 aromatic heterocycles. The zero-order valence-electron chi connectivity index (χ0n) is 21.2. The van der Waals surface area contributed by atoms with Gasteiger partial charge in [-0.05, 0) is 52.9 Å². The van der Waals surface area contributed by atoms with Gasteiger partial charge in [0, 0.05) is 11.5 Å². The van der Waals surface area contributed by atoms with Gasteiger partial charge in [0.1, 0.15) is 17.8 Å². The van der Waals surface area contributed by atoms with Crippen molar-refractivity contribution in [3.8, 4) is 17.4 Å². The number of hydrogen-bond acceptors (Lipinski definition) is 8. The van der Waals surface area contributed by atoms with Crippen LogP contribution in [0, 0.1) is 0 Å². The lowest BCUT2D eigenvalue weighted by atomic mass is 9.81. The third-order valence-electron chi connectivity index (χ3n) is 6.87. The van der Waals surface area contributed by atoms with Crippen LogP contribution in [0.15, 0.2) is 89.7 Å². The molecule has 0 spiro atoms. The Balaban J connectivity index is 1.35. The summed E-state index contributed by atoms with van der Waals surface area (Å²) in [6.45, 7) is 2.05. The molecule has 0 unspecified atom stereocenters. The number of fused-ring (bicyclic) bond motifs is 6. The Hall–Kier alpha value is -4.76. The van der Waals surface area contributed by atoms with Crippen molar-refractivity contribution in [2.24, 2.45) is 5.16 Å². The van der Waals surface area contributed by atoms with Crippen LogP contribution in [0.4, 0.5) is 0 Å². The molecule has 0 amide bonds. The second-order valence-electron chi connectivity index (χ2n) is 9.19. The van der Waals surface area contributed by atoms with Gasteiger partial charge in [-0.1, -0.05) is 53.7 Å². The van der Waals surface area contributed by atoms with E-state index >= 15 is 0 Å². The number of methoxy groups -OCH3 is 1. The van der Waals surface area contributed by atoms with Crippen molar-refractivity contribution in [3.63, 3.8) is 0 Å². The number of rotatable bonds is 6. The lowest BCUT2D eigenvalue weighted by Gasteiger charge is -2.29. The Bertz CT molecular complexity index is 1850. The first-order valence-electron chi connectivity index (χ1n) is 12.5. The third-order valence-corrected chi connectivity index (χ3v) is 7.85. The van der Waals surface area contributed by atoms with Gasteiger partial charge in [0.2, 0.25) is 5.88 Å². The van der Waals surface area contributed by atoms with Crippen molar-refractivity contribution in [2.45, 2.75) is 19.4 Å². The Morgan fingerprint density at radius 1 is 1.03 bits per heavy atom. The van der Waals surface area contributed by atoms with E-state index in [1.54, 1.807) is 29.3 Å². The molecular weight excluding hydrogens is 510 g/mol. The number of thiophene rings is 1. The minimum Gasteiger partial charge on any atom is -0.497 e. The Morgan fingerprint density at radius 2 is 1.90 bits per heavy atom. The van der Waals surface area contributed by atoms with E-state index in [4.69, 9.17) is 19.3 Å². The lowest BCUT2D eigenvalue weighted by Crippen LogP contribution is -2.15. The van der Waals surface area contributed by atoms with Crippen LogP contribution < -0.4 is 9.47 Å². The molecule has 0 N–H and O–H groups in total. The summed E-state index contributed by atoms with van der Waals surface area (Å²) in [5.74, 6) is 2.40. The summed E-state index contributed by atoms with van der Waals surface area (Å²) in [6.07, 6.45) is 1.63. The predicted molar refractivity (Wildman–Crippen MR) is 150 cm³/mol. The quantitative estimate of drug-likeness (QED) is 0.178. The molecule has 0 fully saturated rings. The van der Waals surface area contributed by atoms with Crippen LogP contribution >= 0.6 is 11.3 Å². The highest BCUT2D eigenvalue weighted by Crippen LogP contribution is 2.50. The topological polar surface area (TPSA) is 83.1 Å². The molecular formula is C30H23N5O3S. The number of nitrogens with zero attached hydrogens (tertiary/aromatic N) is 5. The molecule has 39 heavy (non-hydrogen) atoms. The van der Waals surface area contributed by atoms with Gasteiger partial charge in [-0.15, -0.1) is 16.4 Å². The highest BCUT2D eigenvalue weighted by atomic mass is 32.1. The fourth-order valence-electron chi connectivity index (χ4n) is 5.06. The van der Waals surface area contributed by atoms with E-state index in [9.17, 15) is 0 Å². The first-order chi connectivity index (χ1) is 19.2. The molecule has 0 saturated heterocycles. The molecule has 0 radical (unpaired) electrons. The van der Waals surface area contributed by atoms with Crippen LogP contribution in [-0.2, 0) is 11.4 Å². The fraction of sp³-hybridized carbons (Fsp3) is 0.133. The first-order valence-corrected chi connectivity index (χ1v) is 13.4. The first kappa shape index (κ1) is 23.4. The van der Waals surface area contributed by atoms with Crippen LogP contribution in [0.2, 0.25) is 0 Å². The molecule has 4 heterocycles. The SMILES string of the molecule is COc1ccc([C@@H]2c3c(ccc4ccccc34)Oc3ncn4nc(CO/N=C(/C)c5cccs5)nc4c32)cc1. The van der Waals surface area contributed by atoms with Gasteiger partial charge in [-0.3, -0.25) is 0 Å². The summed E-state index contributed by atoms with van der Waals surface area (Å²) >= 11 is 1.62. The fourth-order valence-corrected chi connectivity index (χ4v) is 5.72. The molecule has 192 valence electrons. The maximum Gasteiger partial charge on any atom is 0.228 e. The summed E-state index contributed by atoms with van der Waals surface area (Å²) in [4.78, 5) is 16.2. The van der Waals surface area contributed by atoms with Crippen LogP contribution in [-0.4, -0.2) is 32.4 Å². The predicted octanol–water partition coefficient (Wildman–Crippen LogP) is 6.57. The molecule has 7 rings (SSSR count). The molecule has 6 aromatic rings. The van der Waals surface area contributed by atoms with E-state index in [0.29, 0.717) is 17.4 Å². The summed E-state index contributed by atoms with van der Waals surface area (Å²) < 4.78 is 13.5. The Labute approximate surface area is 228 Å². The van der Waals surface area contributed by atoms with Crippen molar-refractivity contribution >= 4 is 33.5 Å². The Kier molecular flexibility index (Phi) is 5.70. The average molecular weight is 534 g/mol. The highest BCUT2D eigenvalue weighted by Gasteiger charge is 2.34. The minimum absolute atomic E-state index is 0.132. The van der Waals surface area contributed by atoms with Gasteiger partial charge in [0.15, 0.2) is 18.1 Å². The smallest absolute Gasteiger partial charge is 0.228 e. The summed E-state index contributed by atoms with van der Waals surface area (Å²) in [5.41, 5.74) is 4.47. The van der Waals surface area contributed by atoms with E-state index in [2.05, 4.69) is 45.6 Å². The maximum absolute atomic E-state index is 6.38. The normalized spacial score (nSPS) is 14.6. The van der Waals surface area contributed by atoms with Crippen LogP contribution in [0.3, 0.4) is 0 Å². The molecule has 8 nitrogen and oxygen atoms in total. The van der Waals surface area contributed by atoms with Gasteiger partial charge in [-0.25, -0.2) is 14.5 Å². The molecule has 3 aromatic carbocycles. The number of benzene rings is 3. The van der Waals surface area contributed by atoms with Crippen molar-refractivity contribution in [3.05, 3.63) is 112 Å². The second kappa shape index (κ2) is 9.52.